The highest BCUT2D eigenvalue weighted by Crippen LogP contribution is 2.24. The summed E-state index contributed by atoms with van der Waals surface area (Å²) < 4.78 is 5.09. The van der Waals surface area contributed by atoms with E-state index in [1.165, 1.54) is 0 Å². The molecule has 1 aromatic rings. The van der Waals surface area contributed by atoms with Crippen LogP contribution >= 0.6 is 11.6 Å². The molecule has 0 amide bonds. The summed E-state index contributed by atoms with van der Waals surface area (Å²) in [5, 5.41) is 0.749. The van der Waals surface area contributed by atoms with Crippen LogP contribution in [0.2, 0.25) is 5.02 Å². The lowest BCUT2D eigenvalue weighted by molar-refractivity contribution is 0.414. The van der Waals surface area contributed by atoms with Crippen molar-refractivity contribution in [1.82, 2.24) is 0 Å². The van der Waals surface area contributed by atoms with Gasteiger partial charge < -0.3 is 4.74 Å². The molecule has 1 aromatic carbocycles. The van der Waals surface area contributed by atoms with E-state index in [9.17, 15) is 0 Å². The van der Waals surface area contributed by atoms with Crippen molar-refractivity contribution >= 4 is 11.6 Å². The molecule has 0 spiro atoms. The number of hydrogen-bond donors (Lipinski definition) is 0. The average Bonchev–Trinajstić information content (AvgIpc) is 2.21. The molecule has 0 aromatic heterocycles. The highest BCUT2D eigenvalue weighted by Gasteiger charge is 2.05. The lowest BCUT2D eigenvalue weighted by Gasteiger charge is -2.08. The van der Waals surface area contributed by atoms with Gasteiger partial charge in [-0.2, -0.15) is 0 Å². The van der Waals surface area contributed by atoms with Crippen molar-refractivity contribution < 1.29 is 4.74 Å². The van der Waals surface area contributed by atoms with Gasteiger partial charge in [0.2, 0.25) is 0 Å². The minimum atomic E-state index is 0.334. The van der Waals surface area contributed by atoms with Crippen LogP contribution in [0.1, 0.15) is 19.4 Å². The first-order chi connectivity index (χ1) is 7.17. The second-order valence-electron chi connectivity index (χ2n) is 3.46. The van der Waals surface area contributed by atoms with Crippen molar-refractivity contribution in [1.29, 1.82) is 0 Å². The first-order valence-electron chi connectivity index (χ1n) is 4.92. The molecule has 1 atom stereocenters. The maximum atomic E-state index is 6.12. The lowest BCUT2D eigenvalue weighted by atomic mass is 10.0. The Hall–Kier alpha value is -1.13. The van der Waals surface area contributed by atoms with Gasteiger partial charge in [-0.05, 0) is 31.0 Å². The smallest absolute Gasteiger partial charge is 0.120 e. The largest absolute Gasteiger partial charge is 0.497 e. The molecular formula is C13H15ClO. The van der Waals surface area contributed by atoms with Crippen LogP contribution in [0, 0.1) is 17.8 Å². The number of methoxy groups -OCH3 is 1. The Bertz CT molecular complexity index is 387. The van der Waals surface area contributed by atoms with Gasteiger partial charge in [-0.15, -0.1) is 11.8 Å². The third-order valence-electron chi connectivity index (χ3n) is 2.18. The van der Waals surface area contributed by atoms with Gasteiger partial charge >= 0.3 is 0 Å². The van der Waals surface area contributed by atoms with E-state index in [4.69, 9.17) is 16.3 Å². The Morgan fingerprint density at radius 3 is 2.73 bits per heavy atom. The zero-order valence-corrected chi connectivity index (χ0v) is 10.1. The van der Waals surface area contributed by atoms with Crippen molar-refractivity contribution in [2.75, 3.05) is 7.11 Å². The van der Waals surface area contributed by atoms with E-state index in [-0.39, 0.29) is 0 Å². The standard InChI is InChI=1S/C13H15ClO/c1-4-5-10(2)8-11-6-7-12(15-3)9-13(11)14/h6-7,9-10H,8H2,1-3H3. The quantitative estimate of drug-likeness (QED) is 0.711. The molecule has 0 aliphatic carbocycles. The summed E-state index contributed by atoms with van der Waals surface area (Å²) in [7, 11) is 1.64. The van der Waals surface area contributed by atoms with Crippen LogP contribution in [-0.2, 0) is 6.42 Å². The van der Waals surface area contributed by atoms with Crippen LogP contribution in [0.3, 0.4) is 0 Å². The molecule has 1 rings (SSSR count). The SMILES string of the molecule is CC#CC(C)Cc1ccc(OC)cc1Cl. The van der Waals surface area contributed by atoms with Crippen LogP contribution in [0.15, 0.2) is 18.2 Å². The zero-order chi connectivity index (χ0) is 11.3. The van der Waals surface area contributed by atoms with Gasteiger partial charge in [0.1, 0.15) is 5.75 Å². The molecule has 0 aliphatic rings. The summed E-state index contributed by atoms with van der Waals surface area (Å²) >= 11 is 6.12. The maximum Gasteiger partial charge on any atom is 0.120 e. The van der Waals surface area contributed by atoms with Crippen LogP contribution in [0.25, 0.3) is 0 Å². The Morgan fingerprint density at radius 1 is 1.47 bits per heavy atom. The molecule has 0 aliphatic heterocycles. The monoisotopic (exact) mass is 222 g/mol. The normalized spacial score (nSPS) is 11.5. The van der Waals surface area contributed by atoms with Gasteiger partial charge in [0.05, 0.1) is 7.11 Å². The third-order valence-corrected chi connectivity index (χ3v) is 2.53. The number of benzene rings is 1. The number of hydrogen-bond acceptors (Lipinski definition) is 1. The third kappa shape index (κ3) is 3.49. The minimum absolute atomic E-state index is 0.334. The summed E-state index contributed by atoms with van der Waals surface area (Å²) in [5.74, 6) is 7.15. The van der Waals surface area contributed by atoms with Gasteiger partial charge in [-0.25, -0.2) is 0 Å². The van der Waals surface area contributed by atoms with Crippen LogP contribution in [0.5, 0.6) is 5.75 Å². The second kappa shape index (κ2) is 5.68. The molecule has 0 N–H and O–H groups in total. The van der Waals surface area contributed by atoms with E-state index >= 15 is 0 Å². The summed E-state index contributed by atoms with van der Waals surface area (Å²) in [6, 6.07) is 5.76. The summed E-state index contributed by atoms with van der Waals surface area (Å²) in [6.07, 6.45) is 0.879. The molecule has 2 heteroatoms. The Kier molecular flexibility index (Phi) is 4.52. The van der Waals surface area contributed by atoms with Crippen molar-refractivity contribution in [3.05, 3.63) is 28.8 Å². The number of halogens is 1. The summed E-state index contributed by atoms with van der Waals surface area (Å²) in [4.78, 5) is 0. The van der Waals surface area contributed by atoms with Gasteiger partial charge in [-0.1, -0.05) is 24.6 Å². The first-order valence-corrected chi connectivity index (χ1v) is 5.30. The topological polar surface area (TPSA) is 9.23 Å². The van der Waals surface area contributed by atoms with Crippen LogP contribution in [0.4, 0.5) is 0 Å². The fourth-order valence-corrected chi connectivity index (χ4v) is 1.70. The van der Waals surface area contributed by atoms with E-state index < -0.39 is 0 Å². The van der Waals surface area contributed by atoms with Crippen LogP contribution < -0.4 is 4.74 Å². The van der Waals surface area contributed by atoms with Crippen molar-refractivity contribution in [3.63, 3.8) is 0 Å². The highest BCUT2D eigenvalue weighted by atomic mass is 35.5. The first kappa shape index (κ1) is 11.9. The van der Waals surface area contributed by atoms with E-state index in [2.05, 4.69) is 18.8 Å². The van der Waals surface area contributed by atoms with E-state index in [1.807, 2.05) is 25.1 Å². The molecule has 0 saturated heterocycles. The lowest BCUT2D eigenvalue weighted by Crippen LogP contribution is -1.97. The molecule has 0 heterocycles. The molecule has 0 bridgehead atoms. The number of ether oxygens (including phenoxy) is 1. The Morgan fingerprint density at radius 2 is 2.20 bits per heavy atom. The van der Waals surface area contributed by atoms with Gasteiger partial charge in [0, 0.05) is 10.9 Å². The predicted molar refractivity (Wildman–Crippen MR) is 64.3 cm³/mol. The van der Waals surface area contributed by atoms with Gasteiger partial charge in [0.25, 0.3) is 0 Å². The number of rotatable bonds is 3. The second-order valence-corrected chi connectivity index (χ2v) is 3.86. The fourth-order valence-electron chi connectivity index (χ4n) is 1.45. The Balaban J connectivity index is 2.81. The average molecular weight is 223 g/mol. The van der Waals surface area contributed by atoms with E-state index in [1.54, 1.807) is 7.11 Å². The fraction of sp³-hybridized carbons (Fsp3) is 0.385. The molecule has 1 nitrogen and oxygen atoms in total. The maximum absolute atomic E-state index is 6.12. The molecule has 15 heavy (non-hydrogen) atoms. The van der Waals surface area contributed by atoms with Crippen molar-refractivity contribution in [2.45, 2.75) is 20.3 Å². The minimum Gasteiger partial charge on any atom is -0.497 e. The summed E-state index contributed by atoms with van der Waals surface area (Å²) in [6.45, 7) is 3.95. The predicted octanol–water partition coefficient (Wildman–Crippen LogP) is 3.55. The molecule has 1 unspecified atom stereocenters. The molecule has 0 fully saturated rings. The Labute approximate surface area is 96.4 Å². The molecule has 0 radical (unpaired) electrons. The van der Waals surface area contributed by atoms with Crippen molar-refractivity contribution in [3.8, 4) is 17.6 Å². The van der Waals surface area contributed by atoms with Gasteiger partial charge in [0.15, 0.2) is 0 Å². The van der Waals surface area contributed by atoms with Crippen molar-refractivity contribution in [2.24, 2.45) is 5.92 Å². The van der Waals surface area contributed by atoms with E-state index in [0.717, 1.165) is 22.8 Å². The summed E-state index contributed by atoms with van der Waals surface area (Å²) in [5.41, 5.74) is 1.12. The molecular weight excluding hydrogens is 208 g/mol. The molecule has 80 valence electrons. The van der Waals surface area contributed by atoms with Gasteiger partial charge in [-0.3, -0.25) is 0 Å². The zero-order valence-electron chi connectivity index (χ0n) is 9.30. The molecule has 0 saturated carbocycles. The van der Waals surface area contributed by atoms with E-state index in [0.29, 0.717) is 5.92 Å². The van der Waals surface area contributed by atoms with Crippen LogP contribution in [-0.4, -0.2) is 7.11 Å². The highest BCUT2D eigenvalue weighted by molar-refractivity contribution is 6.31.